The fraction of sp³-hybridized carbons (Fsp3) is 0.593. The van der Waals surface area contributed by atoms with Crippen molar-refractivity contribution in [1.29, 1.82) is 0 Å². The number of nitrogens with two attached hydrogens (primary N) is 1. The van der Waals surface area contributed by atoms with E-state index in [1.165, 1.54) is 0 Å². The molecule has 0 bridgehead atoms. The van der Waals surface area contributed by atoms with Gasteiger partial charge >= 0.3 is 12.0 Å². The lowest BCUT2D eigenvalue weighted by Crippen LogP contribution is -2.55. The lowest BCUT2D eigenvalue weighted by molar-refractivity contribution is -0.149. The molecule has 0 saturated carbocycles. The molecule has 6 N–H and O–H groups in total. The molecule has 0 fully saturated rings. The normalized spacial score (nSPS) is 13.3. The number of carbonyl (C=O) groups excluding carboxylic acids is 5. The first-order valence-electron chi connectivity index (χ1n) is 13.1. The predicted octanol–water partition coefficient (Wildman–Crippen LogP) is 2.44. The largest absolute Gasteiger partial charge is 0.461 e. The van der Waals surface area contributed by atoms with E-state index in [0.29, 0.717) is 18.5 Å². The number of ether oxygens (including phenoxy) is 1. The Morgan fingerprint density at radius 1 is 0.895 bits per heavy atom. The first-order valence-corrected chi connectivity index (χ1v) is 13.1. The van der Waals surface area contributed by atoms with Crippen LogP contribution in [0.4, 0.5) is 10.5 Å². The van der Waals surface area contributed by atoms with Crippen molar-refractivity contribution in [3.8, 4) is 0 Å². The summed E-state index contributed by atoms with van der Waals surface area (Å²) in [6.07, 6.45) is 1.30. The summed E-state index contributed by atoms with van der Waals surface area (Å²) in [5, 5.41) is 10.7. The Morgan fingerprint density at radius 3 is 2.05 bits per heavy atom. The van der Waals surface area contributed by atoms with E-state index in [4.69, 9.17) is 10.5 Å². The maximum atomic E-state index is 13.1. The lowest BCUT2D eigenvalue weighted by Gasteiger charge is -2.26. The van der Waals surface area contributed by atoms with Gasteiger partial charge in [-0.3, -0.25) is 19.2 Å². The van der Waals surface area contributed by atoms with E-state index in [0.717, 1.165) is 5.56 Å². The molecule has 1 rings (SSSR count). The Labute approximate surface area is 225 Å². The summed E-state index contributed by atoms with van der Waals surface area (Å²) in [6, 6.07) is 4.41. The van der Waals surface area contributed by atoms with Crippen molar-refractivity contribution in [1.82, 2.24) is 16.0 Å². The van der Waals surface area contributed by atoms with Crippen LogP contribution in [0, 0.1) is 17.8 Å². The van der Waals surface area contributed by atoms with Crippen molar-refractivity contribution in [2.75, 3.05) is 11.9 Å². The molecular formula is C27H43N5O6. The average molecular weight is 534 g/mol. The van der Waals surface area contributed by atoms with Crippen LogP contribution < -0.4 is 27.0 Å². The van der Waals surface area contributed by atoms with Crippen LogP contribution in [0.5, 0.6) is 0 Å². The Hall–Kier alpha value is -3.63. The third-order valence-electron chi connectivity index (χ3n) is 5.99. The fourth-order valence-electron chi connectivity index (χ4n) is 3.28. The van der Waals surface area contributed by atoms with E-state index >= 15 is 0 Å². The predicted molar refractivity (Wildman–Crippen MR) is 145 cm³/mol. The lowest BCUT2D eigenvalue weighted by atomic mass is 10.0. The third kappa shape index (κ3) is 11.6. The van der Waals surface area contributed by atoms with E-state index in [1.807, 2.05) is 13.8 Å². The molecule has 0 spiro atoms. The van der Waals surface area contributed by atoms with Gasteiger partial charge in [0.05, 0.1) is 5.92 Å². The number of urea groups is 1. The molecule has 1 aromatic rings. The molecule has 11 nitrogen and oxygen atoms in total. The molecule has 0 radical (unpaired) electrons. The van der Waals surface area contributed by atoms with Crippen LogP contribution in [-0.4, -0.2) is 48.4 Å². The number of rotatable bonds is 15. The Balaban J connectivity index is 2.90. The quantitative estimate of drug-likeness (QED) is 0.171. The number of amides is 5. The third-order valence-corrected chi connectivity index (χ3v) is 5.99. The van der Waals surface area contributed by atoms with Gasteiger partial charge < -0.3 is 31.7 Å². The van der Waals surface area contributed by atoms with Crippen molar-refractivity contribution < 1.29 is 28.7 Å². The van der Waals surface area contributed by atoms with Gasteiger partial charge in [0.1, 0.15) is 18.7 Å². The number of hydrogen-bond acceptors (Lipinski definition) is 6. The highest BCUT2D eigenvalue weighted by molar-refractivity contribution is 5.98. The number of hydrogen-bond donors (Lipinski definition) is 5. The zero-order valence-corrected chi connectivity index (χ0v) is 23.3. The van der Waals surface area contributed by atoms with Crippen LogP contribution in [0.1, 0.15) is 66.4 Å². The van der Waals surface area contributed by atoms with E-state index in [9.17, 15) is 24.0 Å². The van der Waals surface area contributed by atoms with Gasteiger partial charge in [0.2, 0.25) is 17.7 Å². The van der Waals surface area contributed by atoms with E-state index in [1.54, 1.807) is 52.0 Å². The van der Waals surface area contributed by atoms with Crippen LogP contribution in [0.2, 0.25) is 0 Å². The number of benzene rings is 1. The van der Waals surface area contributed by atoms with Crippen molar-refractivity contribution in [2.45, 2.75) is 79.5 Å². The van der Waals surface area contributed by atoms with Crippen molar-refractivity contribution in [3.63, 3.8) is 0 Å². The minimum absolute atomic E-state index is 0.127. The molecule has 3 atom stereocenters. The molecule has 0 aliphatic heterocycles. The van der Waals surface area contributed by atoms with Crippen LogP contribution in [-0.2, 0) is 30.5 Å². The second-order valence-electron chi connectivity index (χ2n) is 9.98. The molecule has 0 aliphatic rings. The zero-order chi connectivity index (χ0) is 28.8. The highest BCUT2D eigenvalue weighted by atomic mass is 16.5. The number of anilines is 1. The van der Waals surface area contributed by atoms with E-state index in [2.05, 4.69) is 21.3 Å². The average Bonchev–Trinajstić information content (AvgIpc) is 2.86. The summed E-state index contributed by atoms with van der Waals surface area (Å²) >= 11 is 0. The molecule has 1 aromatic carbocycles. The van der Waals surface area contributed by atoms with Gasteiger partial charge in [0.15, 0.2) is 0 Å². The van der Waals surface area contributed by atoms with Crippen LogP contribution in [0.15, 0.2) is 24.3 Å². The molecule has 38 heavy (non-hydrogen) atoms. The summed E-state index contributed by atoms with van der Waals surface area (Å²) in [4.78, 5) is 61.2. The minimum Gasteiger partial charge on any atom is -0.461 e. The highest BCUT2D eigenvalue weighted by Gasteiger charge is 2.29. The second kappa shape index (κ2) is 16.3. The standard InChI is InChI=1S/C27H43N5O6/c1-7-18(6)26(36)38-15-19-10-12-20(13-11-19)30-24(34)21(9-8-14-29-27(28)37)31-25(35)22(16(2)3)32-23(33)17(4)5/h10-13,16-18,21-22H,7-9,14-15H2,1-6H3,(H,30,34)(H,31,35)(H,32,33)(H3,28,29,37)/t18?,21-,22?/m0/s1. The summed E-state index contributed by atoms with van der Waals surface area (Å²) < 4.78 is 5.30. The summed E-state index contributed by atoms with van der Waals surface area (Å²) in [6.45, 7) is 11.1. The Kier molecular flexibility index (Phi) is 13.9. The van der Waals surface area contributed by atoms with Crippen molar-refractivity contribution in [2.24, 2.45) is 23.5 Å². The number of primary amides is 1. The summed E-state index contributed by atoms with van der Waals surface area (Å²) in [5.41, 5.74) is 6.36. The van der Waals surface area contributed by atoms with Crippen LogP contribution in [0.25, 0.3) is 0 Å². The fourth-order valence-corrected chi connectivity index (χ4v) is 3.28. The molecule has 0 saturated heterocycles. The SMILES string of the molecule is CCC(C)C(=O)OCc1ccc(NC(=O)[C@H](CCCNC(N)=O)NC(=O)C(NC(=O)C(C)C)C(C)C)cc1. The van der Waals surface area contributed by atoms with Crippen molar-refractivity contribution in [3.05, 3.63) is 29.8 Å². The van der Waals surface area contributed by atoms with Gasteiger partial charge in [-0.15, -0.1) is 0 Å². The highest BCUT2D eigenvalue weighted by Crippen LogP contribution is 2.14. The summed E-state index contributed by atoms with van der Waals surface area (Å²) in [7, 11) is 0. The first-order chi connectivity index (χ1) is 17.8. The zero-order valence-electron chi connectivity index (χ0n) is 23.3. The topological polar surface area (TPSA) is 169 Å². The van der Waals surface area contributed by atoms with Gasteiger partial charge in [-0.2, -0.15) is 0 Å². The van der Waals surface area contributed by atoms with Crippen LogP contribution >= 0.6 is 0 Å². The maximum absolute atomic E-state index is 13.1. The smallest absolute Gasteiger partial charge is 0.312 e. The molecule has 0 aromatic heterocycles. The maximum Gasteiger partial charge on any atom is 0.312 e. The molecule has 2 unspecified atom stereocenters. The number of carbonyl (C=O) groups is 5. The Morgan fingerprint density at radius 2 is 1.53 bits per heavy atom. The number of nitrogens with one attached hydrogen (secondary N) is 4. The van der Waals surface area contributed by atoms with Crippen LogP contribution in [0.3, 0.4) is 0 Å². The van der Waals surface area contributed by atoms with Gasteiger partial charge in [-0.05, 0) is 42.9 Å². The molecule has 11 heteroatoms. The Bertz CT molecular complexity index is 948. The molecule has 212 valence electrons. The number of esters is 1. The van der Waals surface area contributed by atoms with Gasteiger partial charge in [0.25, 0.3) is 0 Å². The molecule has 0 aliphatic carbocycles. The van der Waals surface area contributed by atoms with E-state index in [-0.39, 0.29) is 49.2 Å². The molecule has 5 amide bonds. The van der Waals surface area contributed by atoms with Gasteiger partial charge in [-0.1, -0.05) is 53.7 Å². The molecular weight excluding hydrogens is 490 g/mol. The summed E-state index contributed by atoms with van der Waals surface area (Å²) in [5.74, 6) is -2.14. The van der Waals surface area contributed by atoms with Gasteiger partial charge in [-0.25, -0.2) is 4.79 Å². The second-order valence-corrected chi connectivity index (χ2v) is 9.98. The monoisotopic (exact) mass is 533 g/mol. The van der Waals surface area contributed by atoms with Crippen molar-refractivity contribution >= 4 is 35.4 Å². The minimum atomic E-state index is -0.925. The van der Waals surface area contributed by atoms with E-state index < -0.39 is 29.9 Å². The van der Waals surface area contributed by atoms with Gasteiger partial charge in [0, 0.05) is 18.2 Å². The first kappa shape index (κ1) is 32.4. The molecule has 0 heterocycles.